The van der Waals surface area contributed by atoms with E-state index >= 15 is 0 Å². The van der Waals surface area contributed by atoms with Crippen molar-refractivity contribution >= 4 is 46.7 Å². The van der Waals surface area contributed by atoms with Gasteiger partial charge in [0.2, 0.25) is 0 Å². The van der Waals surface area contributed by atoms with Crippen LogP contribution < -0.4 is 5.73 Å². The topological polar surface area (TPSA) is 58.8 Å². The summed E-state index contributed by atoms with van der Waals surface area (Å²) in [7, 11) is 0. The first-order valence-corrected chi connectivity index (χ1v) is 11.2. The Hall–Kier alpha value is -1.60. The first kappa shape index (κ1) is 22.1. The van der Waals surface area contributed by atoms with E-state index in [4.69, 9.17) is 33.7 Å². The maximum absolute atomic E-state index is 12.3. The molecule has 0 unspecified atom stereocenters. The van der Waals surface area contributed by atoms with E-state index in [-0.39, 0.29) is 12.7 Å². The zero-order chi connectivity index (χ0) is 20.8. The number of piperazine rings is 1. The molecule has 5 nitrogen and oxygen atoms in total. The van der Waals surface area contributed by atoms with Crippen molar-refractivity contribution in [3.63, 3.8) is 0 Å². The highest BCUT2D eigenvalue weighted by atomic mass is 35.5. The maximum atomic E-state index is 12.3. The number of ether oxygens (including phenoxy) is 1. The van der Waals surface area contributed by atoms with Crippen molar-refractivity contribution in [3.05, 3.63) is 57.6 Å². The van der Waals surface area contributed by atoms with Gasteiger partial charge in [0.25, 0.3) is 0 Å². The smallest absolute Gasteiger partial charge is 0.410 e. The molecule has 2 aromatic carbocycles. The summed E-state index contributed by atoms with van der Waals surface area (Å²) in [6.45, 7) is 6.16. The number of benzene rings is 2. The fraction of sp³-hybridized carbons (Fsp3) is 0.381. The number of nitrogens with two attached hydrogens (primary N) is 1. The number of anilines is 1. The van der Waals surface area contributed by atoms with Crippen LogP contribution in [0.3, 0.4) is 0 Å². The number of nitrogens with zero attached hydrogens (tertiary/aromatic N) is 2. The Morgan fingerprint density at radius 1 is 1.10 bits per heavy atom. The second-order valence-corrected chi connectivity index (χ2v) is 9.07. The SMILES string of the molecule is Cc1ccc(SCCN2CCN(C(=O)OCc3cc(Cl)cc(Cl)c3)CC2)cc1N. The minimum absolute atomic E-state index is 0.162. The number of thioether (sulfide) groups is 1. The van der Waals surface area contributed by atoms with Crippen molar-refractivity contribution < 1.29 is 9.53 Å². The Morgan fingerprint density at radius 2 is 1.79 bits per heavy atom. The number of hydrogen-bond donors (Lipinski definition) is 1. The fourth-order valence-electron chi connectivity index (χ4n) is 3.09. The minimum Gasteiger partial charge on any atom is -0.445 e. The van der Waals surface area contributed by atoms with Gasteiger partial charge in [-0.1, -0.05) is 29.3 Å². The van der Waals surface area contributed by atoms with Gasteiger partial charge in [-0.15, -0.1) is 11.8 Å². The molecule has 0 saturated carbocycles. The largest absolute Gasteiger partial charge is 0.445 e. The van der Waals surface area contributed by atoms with Crippen molar-refractivity contribution in [2.24, 2.45) is 0 Å². The van der Waals surface area contributed by atoms with Crippen LogP contribution in [0.4, 0.5) is 10.5 Å². The monoisotopic (exact) mass is 453 g/mol. The number of rotatable bonds is 6. The molecule has 1 fully saturated rings. The molecule has 1 amide bonds. The molecule has 0 aromatic heterocycles. The summed E-state index contributed by atoms with van der Waals surface area (Å²) in [6.07, 6.45) is -0.301. The van der Waals surface area contributed by atoms with Gasteiger partial charge < -0.3 is 15.4 Å². The molecular formula is C21H25Cl2N3O2S. The van der Waals surface area contributed by atoms with Crippen LogP contribution in [-0.4, -0.2) is 54.4 Å². The van der Waals surface area contributed by atoms with Gasteiger partial charge in [0, 0.05) is 59.1 Å². The lowest BCUT2D eigenvalue weighted by Crippen LogP contribution is -2.49. The van der Waals surface area contributed by atoms with Gasteiger partial charge >= 0.3 is 6.09 Å². The molecule has 0 radical (unpaired) electrons. The average molecular weight is 454 g/mol. The zero-order valence-electron chi connectivity index (χ0n) is 16.4. The highest BCUT2D eigenvalue weighted by molar-refractivity contribution is 7.99. The predicted molar refractivity (Wildman–Crippen MR) is 121 cm³/mol. The van der Waals surface area contributed by atoms with Crippen molar-refractivity contribution in [1.29, 1.82) is 0 Å². The van der Waals surface area contributed by atoms with Gasteiger partial charge in [-0.25, -0.2) is 4.79 Å². The molecule has 2 aromatic rings. The number of halogens is 2. The summed E-state index contributed by atoms with van der Waals surface area (Å²) in [6, 6.07) is 11.3. The predicted octanol–water partition coefficient (Wildman–Crippen LogP) is 4.93. The van der Waals surface area contributed by atoms with E-state index in [1.807, 2.05) is 13.0 Å². The Morgan fingerprint density at radius 3 is 2.45 bits per heavy atom. The fourth-order valence-corrected chi connectivity index (χ4v) is 4.62. The molecule has 0 atom stereocenters. The van der Waals surface area contributed by atoms with Gasteiger partial charge in [-0.3, -0.25) is 4.90 Å². The molecule has 156 valence electrons. The lowest BCUT2D eigenvalue weighted by Gasteiger charge is -2.34. The summed E-state index contributed by atoms with van der Waals surface area (Å²) in [4.78, 5) is 17.6. The lowest BCUT2D eigenvalue weighted by atomic mass is 10.2. The van der Waals surface area contributed by atoms with E-state index < -0.39 is 0 Å². The molecule has 0 aliphatic carbocycles. The number of amides is 1. The molecule has 29 heavy (non-hydrogen) atoms. The van der Waals surface area contributed by atoms with E-state index in [2.05, 4.69) is 17.0 Å². The molecular weight excluding hydrogens is 429 g/mol. The Kier molecular flexibility index (Phi) is 7.95. The molecule has 0 bridgehead atoms. The van der Waals surface area contributed by atoms with E-state index in [1.54, 1.807) is 34.9 Å². The number of carbonyl (C=O) groups is 1. The van der Waals surface area contributed by atoms with Crippen molar-refractivity contribution in [2.45, 2.75) is 18.4 Å². The van der Waals surface area contributed by atoms with Gasteiger partial charge in [0.15, 0.2) is 0 Å². The van der Waals surface area contributed by atoms with E-state index in [0.717, 1.165) is 42.2 Å². The number of aryl methyl sites for hydroxylation is 1. The number of hydrogen-bond acceptors (Lipinski definition) is 5. The first-order chi connectivity index (χ1) is 13.9. The Balaban J connectivity index is 1.37. The zero-order valence-corrected chi connectivity index (χ0v) is 18.7. The van der Waals surface area contributed by atoms with Crippen LogP contribution in [0, 0.1) is 6.92 Å². The number of carbonyl (C=O) groups excluding carboxylic acids is 1. The van der Waals surface area contributed by atoms with E-state index in [1.165, 1.54) is 4.90 Å². The van der Waals surface area contributed by atoms with Gasteiger partial charge in [0.1, 0.15) is 6.61 Å². The van der Waals surface area contributed by atoms with Crippen LogP contribution in [0.15, 0.2) is 41.3 Å². The van der Waals surface area contributed by atoms with Crippen LogP contribution in [0.25, 0.3) is 0 Å². The third kappa shape index (κ3) is 6.71. The summed E-state index contributed by atoms with van der Waals surface area (Å²) in [5.74, 6) is 0.989. The summed E-state index contributed by atoms with van der Waals surface area (Å²) in [5.41, 5.74) is 8.69. The van der Waals surface area contributed by atoms with E-state index in [9.17, 15) is 4.79 Å². The van der Waals surface area contributed by atoms with E-state index in [0.29, 0.717) is 23.1 Å². The average Bonchev–Trinajstić information content (AvgIpc) is 2.69. The van der Waals surface area contributed by atoms with Gasteiger partial charge in [-0.2, -0.15) is 0 Å². The van der Waals surface area contributed by atoms with Gasteiger partial charge in [-0.05, 0) is 48.4 Å². The third-order valence-electron chi connectivity index (χ3n) is 4.84. The standard InChI is InChI=1S/C21H25Cl2N3O2S/c1-15-2-3-19(13-20(15)24)29-9-8-25-4-6-26(7-5-25)21(27)28-14-16-10-17(22)12-18(23)11-16/h2-3,10-13H,4-9,14,24H2,1H3. The summed E-state index contributed by atoms with van der Waals surface area (Å²) < 4.78 is 5.41. The molecule has 0 spiro atoms. The van der Waals surface area contributed by atoms with Crippen molar-refractivity contribution in [3.8, 4) is 0 Å². The lowest BCUT2D eigenvalue weighted by molar-refractivity contribution is 0.0731. The van der Waals surface area contributed by atoms with Crippen LogP contribution in [0.1, 0.15) is 11.1 Å². The minimum atomic E-state index is -0.301. The van der Waals surface area contributed by atoms with Gasteiger partial charge in [0.05, 0.1) is 0 Å². The highest BCUT2D eigenvalue weighted by Crippen LogP contribution is 2.23. The second kappa shape index (κ2) is 10.4. The quantitative estimate of drug-likeness (QED) is 0.496. The summed E-state index contributed by atoms with van der Waals surface area (Å²) in [5, 5.41) is 1.06. The van der Waals surface area contributed by atoms with Crippen molar-refractivity contribution in [2.75, 3.05) is 44.2 Å². The van der Waals surface area contributed by atoms with Crippen LogP contribution in [0.5, 0.6) is 0 Å². The highest BCUT2D eigenvalue weighted by Gasteiger charge is 2.22. The first-order valence-electron chi connectivity index (χ1n) is 9.48. The second-order valence-electron chi connectivity index (χ2n) is 7.03. The van der Waals surface area contributed by atoms with Crippen LogP contribution in [-0.2, 0) is 11.3 Å². The van der Waals surface area contributed by atoms with Crippen LogP contribution in [0.2, 0.25) is 10.0 Å². The molecule has 2 N–H and O–H groups in total. The molecule has 1 saturated heterocycles. The summed E-state index contributed by atoms with van der Waals surface area (Å²) >= 11 is 13.8. The Bertz CT molecular complexity index is 838. The molecule has 8 heteroatoms. The Labute approximate surface area is 186 Å². The molecule has 1 aliphatic heterocycles. The molecule has 1 heterocycles. The van der Waals surface area contributed by atoms with Crippen molar-refractivity contribution in [1.82, 2.24) is 9.80 Å². The molecule has 1 aliphatic rings. The maximum Gasteiger partial charge on any atom is 0.410 e. The normalized spacial score (nSPS) is 14.8. The number of nitrogen functional groups attached to an aromatic ring is 1. The molecule has 3 rings (SSSR count). The third-order valence-corrected chi connectivity index (χ3v) is 6.25. The van der Waals surface area contributed by atoms with Crippen LogP contribution >= 0.6 is 35.0 Å².